The van der Waals surface area contributed by atoms with Gasteiger partial charge in [-0.2, -0.15) is 0 Å². The van der Waals surface area contributed by atoms with Crippen molar-refractivity contribution in [2.45, 2.75) is 39.2 Å². The van der Waals surface area contributed by atoms with Crippen LogP contribution in [-0.2, 0) is 9.59 Å². The second-order valence-corrected chi connectivity index (χ2v) is 6.28. The molecule has 0 spiro atoms. The van der Waals surface area contributed by atoms with Gasteiger partial charge in [0.2, 0.25) is 11.8 Å². The first-order chi connectivity index (χ1) is 9.51. The molecule has 114 valence electrons. The summed E-state index contributed by atoms with van der Waals surface area (Å²) in [6, 6.07) is 0.495. The molecule has 2 aliphatic rings. The molecule has 20 heavy (non-hydrogen) atoms. The number of hydrogen-bond acceptors (Lipinski definition) is 4. The molecule has 0 bridgehead atoms. The molecule has 6 nitrogen and oxygen atoms in total. The molecule has 2 amide bonds. The monoisotopic (exact) mass is 282 g/mol. The van der Waals surface area contributed by atoms with Gasteiger partial charge in [-0.1, -0.05) is 6.92 Å². The Morgan fingerprint density at radius 1 is 1.25 bits per heavy atom. The number of carbonyl (C=O) groups excluding carboxylic acids is 2. The molecule has 0 saturated carbocycles. The van der Waals surface area contributed by atoms with Gasteiger partial charge in [-0.05, 0) is 32.1 Å². The van der Waals surface area contributed by atoms with Crippen LogP contribution in [0.25, 0.3) is 0 Å². The second-order valence-electron chi connectivity index (χ2n) is 6.28. The lowest BCUT2D eigenvalue weighted by atomic mass is 9.96. The van der Waals surface area contributed by atoms with Crippen LogP contribution < -0.4 is 11.3 Å². The minimum atomic E-state index is -0.112. The Morgan fingerprint density at radius 3 is 2.40 bits per heavy atom. The maximum atomic E-state index is 12.3. The van der Waals surface area contributed by atoms with Crippen LogP contribution in [-0.4, -0.2) is 53.8 Å². The topological polar surface area (TPSA) is 78.7 Å². The molecule has 0 aromatic carbocycles. The summed E-state index contributed by atoms with van der Waals surface area (Å²) in [7, 11) is 0. The molecular formula is C14H26N4O2. The van der Waals surface area contributed by atoms with E-state index in [1.807, 2.05) is 4.90 Å². The third-order valence-electron chi connectivity index (χ3n) is 4.61. The summed E-state index contributed by atoms with van der Waals surface area (Å²) in [5.41, 5.74) is 2.20. The van der Waals surface area contributed by atoms with E-state index in [2.05, 4.69) is 24.2 Å². The molecule has 0 radical (unpaired) electrons. The number of rotatable bonds is 3. The number of hydrazine groups is 1. The van der Waals surface area contributed by atoms with E-state index in [9.17, 15) is 9.59 Å². The van der Waals surface area contributed by atoms with Crippen LogP contribution in [0.5, 0.6) is 0 Å². The lowest BCUT2D eigenvalue weighted by Gasteiger charge is -2.32. The van der Waals surface area contributed by atoms with Crippen molar-refractivity contribution >= 4 is 11.8 Å². The van der Waals surface area contributed by atoms with Gasteiger partial charge < -0.3 is 4.90 Å². The summed E-state index contributed by atoms with van der Waals surface area (Å²) < 4.78 is 0. The van der Waals surface area contributed by atoms with Crippen LogP contribution in [0.3, 0.4) is 0 Å². The number of likely N-dealkylation sites (tertiary alicyclic amines) is 2. The predicted octanol–water partition coefficient (Wildman–Crippen LogP) is -0.0548. The minimum absolute atomic E-state index is 0.0465. The molecule has 0 aromatic heterocycles. The SMILES string of the molecule is CC1CC(C)N(CC(=O)N2CCC(C(=O)NN)CC2)C1. The first-order valence-electron chi connectivity index (χ1n) is 7.53. The summed E-state index contributed by atoms with van der Waals surface area (Å²) in [5.74, 6) is 5.86. The van der Waals surface area contributed by atoms with Crippen molar-refractivity contribution in [1.82, 2.24) is 15.2 Å². The zero-order valence-electron chi connectivity index (χ0n) is 12.5. The lowest BCUT2D eigenvalue weighted by Crippen LogP contribution is -2.47. The summed E-state index contributed by atoms with van der Waals surface area (Å²) in [5, 5.41) is 0. The second kappa shape index (κ2) is 6.54. The Morgan fingerprint density at radius 2 is 1.90 bits per heavy atom. The fraction of sp³-hybridized carbons (Fsp3) is 0.857. The number of nitrogens with two attached hydrogens (primary N) is 1. The summed E-state index contributed by atoms with van der Waals surface area (Å²) in [6.45, 7) is 7.27. The van der Waals surface area contributed by atoms with E-state index in [-0.39, 0.29) is 17.7 Å². The molecule has 0 aliphatic carbocycles. The predicted molar refractivity (Wildman–Crippen MR) is 76.5 cm³/mol. The number of carbonyl (C=O) groups is 2. The maximum absolute atomic E-state index is 12.3. The zero-order valence-corrected chi connectivity index (χ0v) is 12.5. The van der Waals surface area contributed by atoms with Gasteiger partial charge in [0.15, 0.2) is 0 Å². The average molecular weight is 282 g/mol. The van der Waals surface area contributed by atoms with E-state index in [4.69, 9.17) is 5.84 Å². The van der Waals surface area contributed by atoms with E-state index in [0.717, 1.165) is 6.54 Å². The van der Waals surface area contributed by atoms with E-state index < -0.39 is 0 Å². The quantitative estimate of drug-likeness (QED) is 0.432. The van der Waals surface area contributed by atoms with Crippen LogP contribution in [0.2, 0.25) is 0 Å². The molecule has 2 rings (SSSR count). The average Bonchev–Trinajstić information content (AvgIpc) is 2.76. The van der Waals surface area contributed by atoms with Crippen molar-refractivity contribution in [3.05, 3.63) is 0 Å². The van der Waals surface area contributed by atoms with Gasteiger partial charge in [0.25, 0.3) is 0 Å². The van der Waals surface area contributed by atoms with Gasteiger partial charge in [-0.25, -0.2) is 5.84 Å². The number of amides is 2. The van der Waals surface area contributed by atoms with E-state index in [0.29, 0.717) is 44.4 Å². The smallest absolute Gasteiger partial charge is 0.237 e. The van der Waals surface area contributed by atoms with Gasteiger partial charge in [0, 0.05) is 31.6 Å². The Balaban J connectivity index is 1.79. The number of piperidine rings is 1. The van der Waals surface area contributed by atoms with E-state index >= 15 is 0 Å². The van der Waals surface area contributed by atoms with Gasteiger partial charge in [0.1, 0.15) is 0 Å². The van der Waals surface area contributed by atoms with Crippen molar-refractivity contribution in [1.29, 1.82) is 0 Å². The Bertz CT molecular complexity index is 366. The molecule has 2 saturated heterocycles. The molecule has 2 unspecified atom stereocenters. The summed E-state index contributed by atoms with van der Waals surface area (Å²) in [6.07, 6.45) is 2.59. The highest BCUT2D eigenvalue weighted by atomic mass is 16.2. The van der Waals surface area contributed by atoms with E-state index in [1.165, 1.54) is 6.42 Å². The molecule has 6 heteroatoms. The van der Waals surface area contributed by atoms with Crippen molar-refractivity contribution in [3.63, 3.8) is 0 Å². The van der Waals surface area contributed by atoms with Crippen LogP contribution >= 0.6 is 0 Å². The first kappa shape index (κ1) is 15.3. The van der Waals surface area contributed by atoms with Gasteiger partial charge in [-0.15, -0.1) is 0 Å². The summed E-state index contributed by atoms with van der Waals surface area (Å²) >= 11 is 0. The third-order valence-corrected chi connectivity index (χ3v) is 4.61. The number of nitrogens with zero attached hydrogens (tertiary/aromatic N) is 2. The normalized spacial score (nSPS) is 28.6. The highest BCUT2D eigenvalue weighted by molar-refractivity contribution is 5.80. The Kier molecular flexibility index (Phi) is 4.99. The van der Waals surface area contributed by atoms with Gasteiger partial charge in [-0.3, -0.25) is 19.9 Å². The fourth-order valence-electron chi connectivity index (χ4n) is 3.39. The molecular weight excluding hydrogens is 256 g/mol. The van der Waals surface area contributed by atoms with Crippen molar-refractivity contribution in [2.75, 3.05) is 26.2 Å². The first-order valence-corrected chi connectivity index (χ1v) is 7.53. The van der Waals surface area contributed by atoms with Gasteiger partial charge >= 0.3 is 0 Å². The van der Waals surface area contributed by atoms with E-state index in [1.54, 1.807) is 0 Å². The molecule has 3 N–H and O–H groups in total. The van der Waals surface area contributed by atoms with Gasteiger partial charge in [0.05, 0.1) is 6.54 Å². The standard InChI is InChI=1S/C14H26N4O2/c1-10-7-11(2)18(8-10)9-13(19)17-5-3-12(4-6-17)14(20)16-15/h10-12H,3-9,15H2,1-2H3,(H,16,20). The minimum Gasteiger partial charge on any atom is -0.342 e. The zero-order chi connectivity index (χ0) is 14.7. The third kappa shape index (κ3) is 3.49. The number of nitrogens with one attached hydrogen (secondary N) is 1. The molecule has 2 heterocycles. The maximum Gasteiger partial charge on any atom is 0.237 e. The largest absolute Gasteiger partial charge is 0.342 e. The van der Waals surface area contributed by atoms with Crippen molar-refractivity contribution in [3.8, 4) is 0 Å². The highest BCUT2D eigenvalue weighted by Crippen LogP contribution is 2.23. The van der Waals surface area contributed by atoms with Crippen molar-refractivity contribution < 1.29 is 9.59 Å². The number of hydrogen-bond donors (Lipinski definition) is 2. The fourth-order valence-corrected chi connectivity index (χ4v) is 3.39. The molecule has 2 fully saturated rings. The molecule has 0 aromatic rings. The summed E-state index contributed by atoms with van der Waals surface area (Å²) in [4.78, 5) is 27.9. The highest BCUT2D eigenvalue weighted by Gasteiger charge is 2.31. The lowest BCUT2D eigenvalue weighted by molar-refractivity contribution is -0.136. The molecule has 2 aliphatic heterocycles. The van der Waals surface area contributed by atoms with Crippen LogP contribution in [0.4, 0.5) is 0 Å². The van der Waals surface area contributed by atoms with Crippen LogP contribution in [0.15, 0.2) is 0 Å². The van der Waals surface area contributed by atoms with Crippen LogP contribution in [0, 0.1) is 11.8 Å². The van der Waals surface area contributed by atoms with Crippen molar-refractivity contribution in [2.24, 2.45) is 17.7 Å². The molecule has 2 atom stereocenters. The Labute approximate surface area is 120 Å². The van der Waals surface area contributed by atoms with Crippen LogP contribution in [0.1, 0.15) is 33.1 Å². The Hall–Kier alpha value is -1.14.